The van der Waals surface area contributed by atoms with Gasteiger partial charge in [-0.25, -0.2) is 4.79 Å². The summed E-state index contributed by atoms with van der Waals surface area (Å²) in [6.07, 6.45) is 0.905. The van der Waals surface area contributed by atoms with E-state index < -0.39 is 5.97 Å². The highest BCUT2D eigenvalue weighted by Gasteiger charge is 2.15. The van der Waals surface area contributed by atoms with E-state index in [4.69, 9.17) is 24.4 Å². The van der Waals surface area contributed by atoms with Crippen molar-refractivity contribution in [3.8, 4) is 23.0 Å². The third kappa shape index (κ3) is 8.38. The van der Waals surface area contributed by atoms with Crippen LogP contribution in [0.3, 0.4) is 0 Å². The summed E-state index contributed by atoms with van der Waals surface area (Å²) in [4.78, 5) is 12.4. The number of aromatic carboxylic acids is 1. The number of carbonyl (C=O) groups is 1. The fourth-order valence-electron chi connectivity index (χ4n) is 2.99. The molecule has 0 saturated carbocycles. The minimum atomic E-state index is -0.986. The maximum absolute atomic E-state index is 10.2. The molecular formula is C26H31NO6. The van der Waals surface area contributed by atoms with E-state index in [2.05, 4.69) is 31.1 Å². The van der Waals surface area contributed by atoms with Crippen molar-refractivity contribution in [3.05, 3.63) is 83.9 Å². The van der Waals surface area contributed by atoms with Gasteiger partial charge in [-0.15, -0.1) is 0 Å². The number of hydrogen-bond acceptors (Lipinski definition) is 6. The van der Waals surface area contributed by atoms with Gasteiger partial charge in [-0.3, -0.25) is 0 Å². The van der Waals surface area contributed by atoms with Crippen LogP contribution in [-0.4, -0.2) is 55.9 Å². The van der Waals surface area contributed by atoms with E-state index in [9.17, 15) is 4.79 Å². The van der Waals surface area contributed by atoms with Crippen LogP contribution < -0.4 is 14.2 Å². The van der Waals surface area contributed by atoms with Crippen LogP contribution in [-0.2, 0) is 0 Å². The first-order valence-corrected chi connectivity index (χ1v) is 10.4. The SMILES string of the molecule is COc1ccc(OC(CCN(C)C)c2ccccc2)cc1OC.O=C(O)c1ccc(O)cc1. The molecule has 0 radical (unpaired) electrons. The Hall–Kier alpha value is -3.71. The van der Waals surface area contributed by atoms with Gasteiger partial charge in [0.1, 0.15) is 17.6 Å². The highest BCUT2D eigenvalue weighted by Crippen LogP contribution is 2.33. The van der Waals surface area contributed by atoms with E-state index in [1.54, 1.807) is 14.2 Å². The van der Waals surface area contributed by atoms with Gasteiger partial charge in [0.05, 0.1) is 19.8 Å². The molecule has 1 atom stereocenters. The summed E-state index contributed by atoms with van der Waals surface area (Å²) in [5.41, 5.74) is 1.35. The quantitative estimate of drug-likeness (QED) is 0.478. The van der Waals surface area contributed by atoms with Crippen molar-refractivity contribution in [1.29, 1.82) is 0 Å². The molecule has 0 aliphatic heterocycles. The molecule has 0 saturated heterocycles. The summed E-state index contributed by atoms with van der Waals surface area (Å²) < 4.78 is 16.9. The van der Waals surface area contributed by atoms with E-state index in [0.717, 1.165) is 18.7 Å². The Morgan fingerprint density at radius 1 is 0.909 bits per heavy atom. The predicted molar refractivity (Wildman–Crippen MR) is 128 cm³/mol. The molecule has 0 bridgehead atoms. The van der Waals surface area contributed by atoms with Crippen LogP contribution >= 0.6 is 0 Å². The van der Waals surface area contributed by atoms with Gasteiger partial charge in [-0.05, 0) is 56.1 Å². The molecule has 7 nitrogen and oxygen atoms in total. The van der Waals surface area contributed by atoms with Crippen molar-refractivity contribution in [1.82, 2.24) is 4.90 Å². The maximum Gasteiger partial charge on any atom is 0.335 e. The van der Waals surface area contributed by atoms with Gasteiger partial charge in [0.15, 0.2) is 11.5 Å². The first kappa shape index (κ1) is 25.5. The maximum atomic E-state index is 10.2. The number of phenolic OH excluding ortho intramolecular Hbond substituents is 1. The third-order valence-electron chi connectivity index (χ3n) is 4.76. The zero-order chi connectivity index (χ0) is 24.2. The van der Waals surface area contributed by atoms with Crippen LogP contribution in [0.15, 0.2) is 72.8 Å². The predicted octanol–water partition coefficient (Wildman–Crippen LogP) is 4.87. The Kier molecular flexibility index (Phi) is 10.0. The molecule has 7 heteroatoms. The van der Waals surface area contributed by atoms with E-state index in [1.165, 1.54) is 29.8 Å². The third-order valence-corrected chi connectivity index (χ3v) is 4.76. The second-order valence-corrected chi connectivity index (χ2v) is 7.48. The number of phenols is 1. The van der Waals surface area contributed by atoms with Crippen LogP contribution in [0.5, 0.6) is 23.0 Å². The summed E-state index contributed by atoms with van der Waals surface area (Å²) in [5.74, 6) is 1.23. The number of benzene rings is 3. The fourth-order valence-corrected chi connectivity index (χ4v) is 2.99. The molecule has 3 rings (SSSR count). The molecule has 0 amide bonds. The van der Waals surface area contributed by atoms with Crippen molar-refractivity contribution in [2.24, 2.45) is 0 Å². The van der Waals surface area contributed by atoms with Crippen LogP contribution in [0, 0.1) is 0 Å². The molecule has 0 aromatic heterocycles. The topological polar surface area (TPSA) is 88.5 Å². The molecule has 0 aliphatic carbocycles. The Morgan fingerprint density at radius 2 is 1.55 bits per heavy atom. The van der Waals surface area contributed by atoms with Crippen LogP contribution in [0.25, 0.3) is 0 Å². The molecule has 0 heterocycles. The van der Waals surface area contributed by atoms with E-state index >= 15 is 0 Å². The van der Waals surface area contributed by atoms with Gasteiger partial charge in [-0.1, -0.05) is 30.3 Å². The molecule has 33 heavy (non-hydrogen) atoms. The molecule has 0 aliphatic rings. The number of rotatable bonds is 9. The van der Waals surface area contributed by atoms with Gasteiger partial charge >= 0.3 is 5.97 Å². The molecular weight excluding hydrogens is 422 g/mol. The molecule has 2 N–H and O–H groups in total. The van der Waals surface area contributed by atoms with Crippen LogP contribution in [0.4, 0.5) is 0 Å². The van der Waals surface area contributed by atoms with E-state index in [-0.39, 0.29) is 17.4 Å². The summed E-state index contributed by atoms with van der Waals surface area (Å²) in [5, 5.41) is 17.1. The van der Waals surface area contributed by atoms with Crippen molar-refractivity contribution in [2.75, 3.05) is 34.9 Å². The first-order valence-electron chi connectivity index (χ1n) is 10.4. The zero-order valence-electron chi connectivity index (χ0n) is 19.4. The molecule has 1 unspecified atom stereocenters. The first-order chi connectivity index (χ1) is 15.8. The minimum absolute atomic E-state index is 0.00305. The summed E-state index contributed by atoms with van der Waals surface area (Å²) >= 11 is 0. The average molecular weight is 454 g/mol. The lowest BCUT2D eigenvalue weighted by atomic mass is 10.1. The second-order valence-electron chi connectivity index (χ2n) is 7.48. The van der Waals surface area contributed by atoms with Crippen LogP contribution in [0.1, 0.15) is 28.4 Å². The Bertz CT molecular complexity index is 989. The van der Waals surface area contributed by atoms with Crippen molar-refractivity contribution >= 4 is 5.97 Å². The fraction of sp³-hybridized carbons (Fsp3) is 0.269. The highest BCUT2D eigenvalue weighted by molar-refractivity contribution is 5.87. The number of ether oxygens (including phenoxy) is 3. The normalized spacial score (nSPS) is 11.2. The summed E-state index contributed by atoms with van der Waals surface area (Å²) in [6, 6.07) is 21.3. The number of hydrogen-bond donors (Lipinski definition) is 2. The molecule has 0 spiro atoms. The number of aromatic hydroxyl groups is 1. The molecule has 3 aromatic carbocycles. The average Bonchev–Trinajstić information content (AvgIpc) is 2.82. The van der Waals surface area contributed by atoms with E-state index in [0.29, 0.717) is 11.5 Å². The van der Waals surface area contributed by atoms with Gasteiger partial charge in [-0.2, -0.15) is 0 Å². The standard InChI is InChI=1S/C19H25NO3.C7H6O3/c1-20(2)13-12-17(15-8-6-5-7-9-15)23-16-10-11-18(21-3)19(14-16)22-4;8-6-3-1-5(2-4-6)7(9)10/h5-11,14,17H,12-13H2,1-4H3;1-4,8H,(H,9,10). The Labute approximate surface area is 194 Å². The van der Waals surface area contributed by atoms with Gasteiger partial charge in [0, 0.05) is 19.0 Å². The van der Waals surface area contributed by atoms with Gasteiger partial charge < -0.3 is 29.3 Å². The zero-order valence-corrected chi connectivity index (χ0v) is 19.4. The second kappa shape index (κ2) is 13.0. The molecule has 0 fully saturated rings. The minimum Gasteiger partial charge on any atom is -0.508 e. The lowest BCUT2D eigenvalue weighted by Crippen LogP contribution is -2.18. The number of nitrogens with zero attached hydrogens (tertiary/aromatic N) is 1. The number of carboxylic acids is 1. The smallest absolute Gasteiger partial charge is 0.335 e. The van der Waals surface area contributed by atoms with Crippen molar-refractivity contribution in [2.45, 2.75) is 12.5 Å². The highest BCUT2D eigenvalue weighted by atomic mass is 16.5. The van der Waals surface area contributed by atoms with Gasteiger partial charge in [0.25, 0.3) is 0 Å². The monoisotopic (exact) mass is 453 g/mol. The molecule has 3 aromatic rings. The van der Waals surface area contributed by atoms with Crippen molar-refractivity contribution < 1.29 is 29.2 Å². The number of methoxy groups -OCH3 is 2. The Balaban J connectivity index is 0.000000321. The lowest BCUT2D eigenvalue weighted by Gasteiger charge is -2.22. The van der Waals surface area contributed by atoms with Gasteiger partial charge in [0.2, 0.25) is 0 Å². The Morgan fingerprint density at radius 3 is 2.09 bits per heavy atom. The van der Waals surface area contributed by atoms with Crippen molar-refractivity contribution in [3.63, 3.8) is 0 Å². The largest absolute Gasteiger partial charge is 0.508 e. The van der Waals surface area contributed by atoms with E-state index in [1.807, 2.05) is 36.4 Å². The lowest BCUT2D eigenvalue weighted by molar-refractivity contribution is 0.0697. The number of carboxylic acid groups (broad SMARTS) is 1. The molecule has 176 valence electrons. The van der Waals surface area contributed by atoms with Crippen LogP contribution in [0.2, 0.25) is 0 Å². The summed E-state index contributed by atoms with van der Waals surface area (Å²) in [6.45, 7) is 0.951. The summed E-state index contributed by atoms with van der Waals surface area (Å²) in [7, 11) is 7.39.